The molecule has 1 heterocycles. The summed E-state index contributed by atoms with van der Waals surface area (Å²) in [4.78, 5) is 20.2. The highest BCUT2D eigenvalue weighted by Crippen LogP contribution is 2.21. The maximum absolute atomic E-state index is 13.2. The summed E-state index contributed by atoms with van der Waals surface area (Å²) in [5, 5.41) is 9.49. The fourth-order valence-electron chi connectivity index (χ4n) is 5.10. The minimum atomic E-state index is 0.148. The van der Waals surface area contributed by atoms with Crippen molar-refractivity contribution < 1.29 is 14.6 Å². The Morgan fingerprint density at radius 1 is 0.950 bits per heavy atom. The first-order chi connectivity index (χ1) is 19.6. The van der Waals surface area contributed by atoms with Gasteiger partial charge in [0.05, 0.1) is 6.26 Å². The van der Waals surface area contributed by atoms with E-state index < -0.39 is 0 Å². The highest BCUT2D eigenvalue weighted by Gasteiger charge is 2.23. The smallest absolute Gasteiger partial charge is 0.254 e. The molecule has 216 valence electrons. The van der Waals surface area contributed by atoms with Gasteiger partial charge in [-0.2, -0.15) is 0 Å². The number of likely N-dealkylation sites (N-methyl/N-ethyl adjacent to an activating group) is 1. The number of benzene rings is 3. The van der Waals surface area contributed by atoms with E-state index >= 15 is 0 Å². The summed E-state index contributed by atoms with van der Waals surface area (Å²) in [6.07, 6.45) is 5.60. The van der Waals surface area contributed by atoms with Crippen LogP contribution in [0.1, 0.15) is 49.0 Å². The lowest BCUT2D eigenvalue weighted by Gasteiger charge is -2.35. The molecule has 1 amide bonds. The molecule has 1 aliphatic rings. The maximum Gasteiger partial charge on any atom is 0.254 e. The average molecular weight is 546 g/mol. The Bertz CT molecular complexity index is 1150. The van der Waals surface area contributed by atoms with Gasteiger partial charge < -0.3 is 19.6 Å². The van der Waals surface area contributed by atoms with Crippen LogP contribution >= 0.6 is 0 Å². The third kappa shape index (κ3) is 9.68. The molecule has 0 aliphatic carbocycles. The Hall–Kier alpha value is -3.35. The van der Waals surface area contributed by atoms with E-state index in [2.05, 4.69) is 66.6 Å². The lowest BCUT2D eigenvalue weighted by Crippen LogP contribution is -2.49. The van der Waals surface area contributed by atoms with Gasteiger partial charge in [-0.05, 0) is 60.5 Å². The summed E-state index contributed by atoms with van der Waals surface area (Å²) < 4.78 is 6.00. The van der Waals surface area contributed by atoms with Crippen LogP contribution in [-0.4, -0.2) is 84.7 Å². The molecular formula is C34H47N3O3. The Labute approximate surface area is 240 Å². The molecule has 0 spiro atoms. The van der Waals surface area contributed by atoms with Crippen molar-refractivity contribution in [1.82, 2.24) is 14.7 Å². The quantitative estimate of drug-likeness (QED) is 0.198. The number of fused-ring (bicyclic) bond motifs is 1. The molecule has 0 aromatic heterocycles. The van der Waals surface area contributed by atoms with E-state index in [1.54, 1.807) is 0 Å². The monoisotopic (exact) mass is 545 g/mol. The lowest BCUT2D eigenvalue weighted by molar-refractivity contribution is 0.0640. The number of nitrogens with zero attached hydrogens (tertiary/aromatic N) is 3. The van der Waals surface area contributed by atoms with Crippen molar-refractivity contribution in [2.45, 2.75) is 39.5 Å². The van der Waals surface area contributed by atoms with Gasteiger partial charge in [0.25, 0.3) is 5.91 Å². The topological polar surface area (TPSA) is 56.3 Å². The number of rotatable bonds is 13. The van der Waals surface area contributed by atoms with Gasteiger partial charge >= 0.3 is 0 Å². The van der Waals surface area contributed by atoms with Crippen LogP contribution in [0.25, 0.3) is 10.8 Å². The van der Waals surface area contributed by atoms with Gasteiger partial charge in [0.1, 0.15) is 12.4 Å². The summed E-state index contributed by atoms with van der Waals surface area (Å²) in [6, 6.07) is 22.7. The fraction of sp³-hybridized carbons (Fsp3) is 0.441. The molecular weight excluding hydrogens is 498 g/mol. The zero-order chi connectivity index (χ0) is 28.6. The van der Waals surface area contributed by atoms with E-state index in [-0.39, 0.29) is 5.91 Å². The second kappa shape index (κ2) is 17.4. The summed E-state index contributed by atoms with van der Waals surface area (Å²) in [5.74, 6) is 1.10. The largest absolute Gasteiger partial charge is 0.516 e. The van der Waals surface area contributed by atoms with Crippen molar-refractivity contribution in [2.75, 3.05) is 59.0 Å². The third-order valence-electron chi connectivity index (χ3n) is 7.52. The van der Waals surface area contributed by atoms with Crippen molar-refractivity contribution in [3.63, 3.8) is 0 Å². The lowest BCUT2D eigenvalue weighted by atomic mass is 10.0. The molecule has 0 atom stereocenters. The number of carbonyl (C=O) groups is 1. The van der Waals surface area contributed by atoms with E-state index in [1.165, 1.54) is 24.8 Å². The summed E-state index contributed by atoms with van der Waals surface area (Å²) in [7, 11) is 0. The zero-order valence-electron chi connectivity index (χ0n) is 24.4. The van der Waals surface area contributed by atoms with Gasteiger partial charge in [0.2, 0.25) is 0 Å². The molecule has 0 unspecified atom stereocenters. The first-order valence-electron chi connectivity index (χ1n) is 14.8. The highest BCUT2D eigenvalue weighted by molar-refractivity contribution is 6.07. The second-order valence-electron chi connectivity index (χ2n) is 10.2. The predicted molar refractivity (Wildman–Crippen MR) is 166 cm³/mol. The Morgan fingerprint density at radius 2 is 1.65 bits per heavy atom. The second-order valence-corrected chi connectivity index (χ2v) is 10.2. The number of aliphatic hydroxyl groups is 1. The number of hydrogen-bond donors (Lipinski definition) is 1. The minimum Gasteiger partial charge on any atom is -0.516 e. The van der Waals surface area contributed by atoms with Crippen LogP contribution in [-0.2, 0) is 6.42 Å². The van der Waals surface area contributed by atoms with Crippen LogP contribution in [0, 0.1) is 0 Å². The van der Waals surface area contributed by atoms with Gasteiger partial charge in [0, 0.05) is 44.8 Å². The average Bonchev–Trinajstić information content (AvgIpc) is 3.00. The van der Waals surface area contributed by atoms with Gasteiger partial charge in [0.15, 0.2) is 0 Å². The molecule has 4 rings (SSSR count). The van der Waals surface area contributed by atoms with Gasteiger partial charge in [-0.15, -0.1) is 0 Å². The molecule has 40 heavy (non-hydrogen) atoms. The molecule has 0 radical (unpaired) electrons. The van der Waals surface area contributed by atoms with Gasteiger partial charge in [-0.1, -0.05) is 81.8 Å². The van der Waals surface area contributed by atoms with Crippen molar-refractivity contribution in [1.29, 1.82) is 0 Å². The van der Waals surface area contributed by atoms with Crippen LogP contribution in [0.3, 0.4) is 0 Å². The summed E-state index contributed by atoms with van der Waals surface area (Å²) in [5.41, 5.74) is 2.14. The number of unbranched alkanes of at least 4 members (excludes halogenated alkanes) is 2. The normalized spacial score (nSPS) is 13.6. The van der Waals surface area contributed by atoms with E-state index in [9.17, 15) is 4.79 Å². The van der Waals surface area contributed by atoms with E-state index in [0.29, 0.717) is 0 Å². The van der Waals surface area contributed by atoms with E-state index in [4.69, 9.17) is 9.84 Å². The highest BCUT2D eigenvalue weighted by atomic mass is 16.5. The molecule has 0 bridgehead atoms. The van der Waals surface area contributed by atoms with E-state index in [0.717, 1.165) is 93.7 Å². The van der Waals surface area contributed by atoms with Crippen LogP contribution < -0.4 is 4.74 Å². The Kier molecular flexibility index (Phi) is 13.5. The number of aliphatic hydroxyl groups excluding tert-OH is 1. The molecule has 6 nitrogen and oxygen atoms in total. The van der Waals surface area contributed by atoms with Gasteiger partial charge in [-0.25, -0.2) is 0 Å². The van der Waals surface area contributed by atoms with Crippen molar-refractivity contribution in [3.05, 3.63) is 90.7 Å². The minimum absolute atomic E-state index is 0.148. The van der Waals surface area contributed by atoms with Crippen molar-refractivity contribution in [2.24, 2.45) is 0 Å². The summed E-state index contributed by atoms with van der Waals surface area (Å²) in [6.45, 7) is 15.8. The molecule has 1 aliphatic heterocycles. The molecule has 3 aromatic rings. The standard InChI is InChI=1S/C32H43N3O2.C2H4O/c1-3-5-8-19-33(4-2)25-26-37-29-16-14-27(15-17-29)18-20-34-21-23-35(24-22-34)32(36)31-13-9-11-28-10-6-7-12-30(28)31;1-2-3/h6-7,9-17H,3-5,8,18-26H2,1-2H3;2-3H,1H2. The summed E-state index contributed by atoms with van der Waals surface area (Å²) >= 11 is 0. The third-order valence-corrected chi connectivity index (χ3v) is 7.52. The molecule has 0 saturated carbocycles. The van der Waals surface area contributed by atoms with Crippen molar-refractivity contribution in [3.8, 4) is 5.75 Å². The molecule has 3 aromatic carbocycles. The number of piperazine rings is 1. The van der Waals surface area contributed by atoms with Crippen LogP contribution in [0.2, 0.25) is 0 Å². The Morgan fingerprint density at radius 3 is 2.35 bits per heavy atom. The molecule has 1 saturated heterocycles. The van der Waals surface area contributed by atoms with E-state index in [1.807, 2.05) is 35.2 Å². The number of amides is 1. The molecule has 1 N–H and O–H groups in total. The Balaban J connectivity index is 0.00000141. The fourth-order valence-corrected chi connectivity index (χ4v) is 5.10. The first-order valence-corrected chi connectivity index (χ1v) is 14.8. The van der Waals surface area contributed by atoms with Crippen LogP contribution in [0.15, 0.2) is 79.6 Å². The predicted octanol–water partition coefficient (Wildman–Crippen LogP) is 6.42. The molecule has 6 heteroatoms. The van der Waals surface area contributed by atoms with Crippen LogP contribution in [0.4, 0.5) is 0 Å². The van der Waals surface area contributed by atoms with Crippen LogP contribution in [0.5, 0.6) is 5.75 Å². The number of hydrogen-bond acceptors (Lipinski definition) is 5. The SMILES string of the molecule is C=CO.CCCCCN(CC)CCOc1ccc(CCN2CCN(C(=O)c3cccc4ccccc34)CC2)cc1. The number of ether oxygens (including phenoxy) is 1. The first kappa shape index (κ1) is 31.2. The maximum atomic E-state index is 13.2. The molecule has 1 fully saturated rings. The zero-order valence-corrected chi connectivity index (χ0v) is 24.4. The number of carbonyl (C=O) groups excluding carboxylic acids is 1. The van der Waals surface area contributed by atoms with Gasteiger partial charge in [-0.3, -0.25) is 9.69 Å². The van der Waals surface area contributed by atoms with Crippen molar-refractivity contribution >= 4 is 16.7 Å².